The van der Waals surface area contributed by atoms with E-state index in [-0.39, 0.29) is 12.1 Å². The van der Waals surface area contributed by atoms with Crippen molar-refractivity contribution in [3.8, 4) is 0 Å². The molecule has 0 aliphatic rings. The van der Waals surface area contributed by atoms with Crippen LogP contribution >= 0.6 is 0 Å². The third-order valence-corrected chi connectivity index (χ3v) is 3.00. The van der Waals surface area contributed by atoms with Gasteiger partial charge in [0.25, 0.3) is 0 Å². The molecular weight excluding hydrogens is 248 g/mol. The topological polar surface area (TPSA) is 29.9 Å². The highest BCUT2D eigenvalue weighted by Gasteiger charge is 2.12. The summed E-state index contributed by atoms with van der Waals surface area (Å²) in [5.41, 5.74) is 0.728. The zero-order valence-electron chi connectivity index (χ0n) is 11.0. The van der Waals surface area contributed by atoms with Gasteiger partial charge in [-0.25, -0.2) is 8.78 Å². The summed E-state index contributed by atoms with van der Waals surface area (Å²) in [5, 5.41) is 7.46. The molecule has 2 unspecified atom stereocenters. The summed E-state index contributed by atoms with van der Waals surface area (Å²) in [6, 6.07) is 5.96. The summed E-state index contributed by atoms with van der Waals surface area (Å²) in [5.74, 6) is -1.63. The van der Waals surface area contributed by atoms with Gasteiger partial charge in [-0.15, -0.1) is 0 Å². The second kappa shape index (κ2) is 5.93. The Labute approximate surface area is 111 Å². The first-order chi connectivity index (χ1) is 9.06. The monoisotopic (exact) mass is 265 g/mol. The van der Waals surface area contributed by atoms with Crippen molar-refractivity contribution in [1.82, 2.24) is 15.1 Å². The predicted octanol–water partition coefficient (Wildman–Crippen LogP) is 2.90. The lowest BCUT2D eigenvalue weighted by Gasteiger charge is -2.20. The van der Waals surface area contributed by atoms with Crippen LogP contribution in [0.25, 0.3) is 0 Å². The minimum Gasteiger partial charge on any atom is -0.306 e. The van der Waals surface area contributed by atoms with Crippen LogP contribution in [-0.2, 0) is 6.54 Å². The zero-order valence-corrected chi connectivity index (χ0v) is 11.0. The van der Waals surface area contributed by atoms with Gasteiger partial charge in [-0.1, -0.05) is 6.07 Å². The highest BCUT2D eigenvalue weighted by atomic mass is 19.2. The lowest BCUT2D eigenvalue weighted by atomic mass is 10.1. The number of hydrogen-bond acceptors (Lipinski definition) is 2. The smallest absolute Gasteiger partial charge is 0.159 e. The summed E-state index contributed by atoms with van der Waals surface area (Å²) in [6.07, 6.45) is 3.62. The van der Waals surface area contributed by atoms with Gasteiger partial charge < -0.3 is 5.32 Å². The molecule has 0 amide bonds. The van der Waals surface area contributed by atoms with E-state index in [1.807, 2.05) is 30.8 Å². The Morgan fingerprint density at radius 1 is 1.26 bits per heavy atom. The first-order valence-corrected chi connectivity index (χ1v) is 6.24. The number of aromatic nitrogens is 2. The van der Waals surface area contributed by atoms with Crippen molar-refractivity contribution in [2.75, 3.05) is 0 Å². The van der Waals surface area contributed by atoms with E-state index < -0.39 is 11.6 Å². The van der Waals surface area contributed by atoms with Crippen molar-refractivity contribution >= 4 is 0 Å². The molecule has 2 aromatic rings. The summed E-state index contributed by atoms with van der Waals surface area (Å²) < 4.78 is 27.9. The Balaban J connectivity index is 1.96. The SMILES string of the molecule is CC(Cn1cccn1)NC(C)c1ccc(F)c(F)c1. The second-order valence-corrected chi connectivity index (χ2v) is 4.69. The van der Waals surface area contributed by atoms with E-state index in [0.29, 0.717) is 0 Å². The van der Waals surface area contributed by atoms with Crippen LogP contribution < -0.4 is 5.32 Å². The highest BCUT2D eigenvalue weighted by molar-refractivity contribution is 5.20. The lowest BCUT2D eigenvalue weighted by molar-refractivity contribution is 0.411. The quantitative estimate of drug-likeness (QED) is 0.901. The average molecular weight is 265 g/mol. The van der Waals surface area contributed by atoms with E-state index in [1.54, 1.807) is 12.3 Å². The number of halogens is 2. The van der Waals surface area contributed by atoms with Crippen LogP contribution in [0.1, 0.15) is 25.5 Å². The largest absolute Gasteiger partial charge is 0.306 e. The number of nitrogens with zero attached hydrogens (tertiary/aromatic N) is 2. The summed E-state index contributed by atoms with van der Waals surface area (Å²) in [6.45, 7) is 4.67. The highest BCUT2D eigenvalue weighted by Crippen LogP contribution is 2.16. The molecule has 0 saturated carbocycles. The molecule has 102 valence electrons. The maximum atomic E-state index is 13.2. The van der Waals surface area contributed by atoms with Gasteiger partial charge >= 0.3 is 0 Å². The van der Waals surface area contributed by atoms with E-state index in [2.05, 4.69) is 10.4 Å². The summed E-state index contributed by atoms with van der Waals surface area (Å²) >= 11 is 0. The molecule has 2 atom stereocenters. The Bertz CT molecular complexity index is 525. The second-order valence-electron chi connectivity index (χ2n) is 4.69. The molecule has 1 N–H and O–H groups in total. The number of benzene rings is 1. The van der Waals surface area contributed by atoms with Gasteiger partial charge in [0.1, 0.15) is 0 Å². The number of rotatable bonds is 5. The molecule has 2 rings (SSSR count). The van der Waals surface area contributed by atoms with Gasteiger partial charge in [0.2, 0.25) is 0 Å². The fraction of sp³-hybridized carbons (Fsp3) is 0.357. The van der Waals surface area contributed by atoms with Crippen LogP contribution in [0, 0.1) is 11.6 Å². The Morgan fingerprint density at radius 2 is 2.05 bits per heavy atom. The van der Waals surface area contributed by atoms with E-state index in [9.17, 15) is 8.78 Å². The third-order valence-electron chi connectivity index (χ3n) is 3.00. The van der Waals surface area contributed by atoms with E-state index in [0.717, 1.165) is 18.2 Å². The minimum absolute atomic E-state index is 0.0549. The molecular formula is C14H17F2N3. The predicted molar refractivity (Wildman–Crippen MR) is 69.6 cm³/mol. The number of hydrogen-bond donors (Lipinski definition) is 1. The molecule has 0 spiro atoms. The van der Waals surface area contributed by atoms with Crippen molar-refractivity contribution < 1.29 is 8.78 Å². The van der Waals surface area contributed by atoms with Crippen LogP contribution in [0.3, 0.4) is 0 Å². The van der Waals surface area contributed by atoms with Crippen molar-refractivity contribution in [3.05, 3.63) is 53.9 Å². The van der Waals surface area contributed by atoms with Crippen LogP contribution in [0.5, 0.6) is 0 Å². The maximum Gasteiger partial charge on any atom is 0.159 e. The van der Waals surface area contributed by atoms with Crippen LogP contribution in [-0.4, -0.2) is 15.8 Å². The molecule has 1 aromatic carbocycles. The van der Waals surface area contributed by atoms with E-state index in [4.69, 9.17) is 0 Å². The molecule has 0 radical (unpaired) electrons. The standard InChI is InChI=1S/C14H17F2N3/c1-10(9-19-7-3-6-17-19)18-11(2)12-4-5-13(15)14(16)8-12/h3-8,10-11,18H,9H2,1-2H3. The molecule has 5 heteroatoms. The molecule has 0 aliphatic heterocycles. The normalized spacial score (nSPS) is 14.3. The van der Waals surface area contributed by atoms with Crippen molar-refractivity contribution in [3.63, 3.8) is 0 Å². The summed E-state index contributed by atoms with van der Waals surface area (Å²) in [4.78, 5) is 0. The van der Waals surface area contributed by atoms with Gasteiger partial charge in [0, 0.05) is 24.5 Å². The molecule has 0 bridgehead atoms. The molecule has 0 saturated heterocycles. The Kier molecular flexibility index (Phi) is 4.27. The average Bonchev–Trinajstić information content (AvgIpc) is 2.85. The molecule has 1 heterocycles. The third kappa shape index (κ3) is 3.61. The summed E-state index contributed by atoms with van der Waals surface area (Å²) in [7, 11) is 0. The van der Waals surface area contributed by atoms with Crippen LogP contribution in [0.2, 0.25) is 0 Å². The molecule has 0 aliphatic carbocycles. The first kappa shape index (κ1) is 13.7. The molecule has 1 aromatic heterocycles. The van der Waals surface area contributed by atoms with Crippen LogP contribution in [0.4, 0.5) is 8.78 Å². The van der Waals surface area contributed by atoms with Crippen molar-refractivity contribution in [1.29, 1.82) is 0 Å². The van der Waals surface area contributed by atoms with Crippen molar-refractivity contribution in [2.24, 2.45) is 0 Å². The fourth-order valence-electron chi connectivity index (χ4n) is 2.05. The molecule has 0 fully saturated rings. The maximum absolute atomic E-state index is 13.2. The van der Waals surface area contributed by atoms with Gasteiger partial charge in [0.15, 0.2) is 11.6 Å². The fourth-order valence-corrected chi connectivity index (χ4v) is 2.05. The zero-order chi connectivity index (χ0) is 13.8. The lowest BCUT2D eigenvalue weighted by Crippen LogP contribution is -2.32. The van der Waals surface area contributed by atoms with Crippen LogP contribution in [0.15, 0.2) is 36.7 Å². The van der Waals surface area contributed by atoms with Gasteiger partial charge in [-0.05, 0) is 37.6 Å². The number of nitrogens with one attached hydrogen (secondary N) is 1. The first-order valence-electron chi connectivity index (χ1n) is 6.24. The Hall–Kier alpha value is -1.75. The molecule has 3 nitrogen and oxygen atoms in total. The Morgan fingerprint density at radius 3 is 2.68 bits per heavy atom. The van der Waals surface area contributed by atoms with Gasteiger partial charge in [-0.2, -0.15) is 5.10 Å². The van der Waals surface area contributed by atoms with E-state index >= 15 is 0 Å². The van der Waals surface area contributed by atoms with Gasteiger partial charge in [-0.3, -0.25) is 4.68 Å². The minimum atomic E-state index is -0.819. The van der Waals surface area contributed by atoms with E-state index in [1.165, 1.54) is 6.07 Å². The van der Waals surface area contributed by atoms with Crippen molar-refractivity contribution in [2.45, 2.75) is 32.5 Å². The molecule has 19 heavy (non-hydrogen) atoms. The van der Waals surface area contributed by atoms with Gasteiger partial charge in [0.05, 0.1) is 6.54 Å².